The molecule has 186 valence electrons. The maximum absolute atomic E-state index is 13.6. The molecule has 2 heterocycles. The molecule has 8 heteroatoms. The number of nitrogens with zero attached hydrogens (tertiary/aromatic N) is 3. The van der Waals surface area contributed by atoms with Crippen molar-refractivity contribution in [3.8, 4) is 11.5 Å². The van der Waals surface area contributed by atoms with Crippen molar-refractivity contribution in [3.63, 3.8) is 0 Å². The lowest BCUT2D eigenvalue weighted by Crippen LogP contribution is -2.44. The number of ether oxygens (including phenoxy) is 2. The smallest absolute Gasteiger partial charge is 0.257 e. The molecule has 4 rings (SSSR count). The Hall–Kier alpha value is -3.39. The zero-order valence-electron chi connectivity index (χ0n) is 20.9. The molecule has 1 fully saturated rings. The van der Waals surface area contributed by atoms with Crippen LogP contribution in [0, 0.1) is 19.8 Å². The molecule has 2 amide bonds. The summed E-state index contributed by atoms with van der Waals surface area (Å²) in [5.41, 5.74) is 10.6. The van der Waals surface area contributed by atoms with Gasteiger partial charge in [-0.05, 0) is 63.5 Å². The summed E-state index contributed by atoms with van der Waals surface area (Å²) in [4.78, 5) is 27.2. The van der Waals surface area contributed by atoms with Crippen molar-refractivity contribution in [3.05, 3.63) is 58.7 Å². The molecule has 35 heavy (non-hydrogen) atoms. The van der Waals surface area contributed by atoms with E-state index < -0.39 is 0 Å². The van der Waals surface area contributed by atoms with Gasteiger partial charge in [0, 0.05) is 29.5 Å². The molecular formula is C27H34N4O4. The second-order valence-electron chi connectivity index (χ2n) is 9.38. The highest BCUT2D eigenvalue weighted by Crippen LogP contribution is 2.39. The molecule has 0 saturated carbocycles. The molecule has 8 nitrogen and oxygen atoms in total. The topological polar surface area (TPSA) is 97.5 Å². The monoisotopic (exact) mass is 478 g/mol. The number of hydrogen-bond acceptors (Lipinski definition) is 6. The third-order valence-corrected chi connectivity index (χ3v) is 7.02. The van der Waals surface area contributed by atoms with Crippen LogP contribution in [0.25, 0.3) is 0 Å². The van der Waals surface area contributed by atoms with Gasteiger partial charge in [0.15, 0.2) is 0 Å². The van der Waals surface area contributed by atoms with Gasteiger partial charge < -0.3 is 15.2 Å². The highest BCUT2D eigenvalue weighted by Gasteiger charge is 2.36. The highest BCUT2D eigenvalue weighted by atomic mass is 16.5. The predicted molar refractivity (Wildman–Crippen MR) is 135 cm³/mol. The summed E-state index contributed by atoms with van der Waals surface area (Å²) in [6.07, 6.45) is 1.94. The minimum Gasteiger partial charge on any atom is -0.497 e. The number of nitrogens with two attached hydrogens (primary N) is 1. The van der Waals surface area contributed by atoms with E-state index in [0.717, 1.165) is 28.0 Å². The van der Waals surface area contributed by atoms with Crippen LogP contribution in [-0.2, 0) is 9.59 Å². The number of hydrogen-bond donors (Lipinski definition) is 1. The number of likely N-dealkylation sites (tertiary alicyclic amines) is 1. The first-order valence-corrected chi connectivity index (χ1v) is 12.0. The zero-order chi connectivity index (χ0) is 25.1. The second-order valence-corrected chi connectivity index (χ2v) is 9.38. The molecule has 0 aromatic heterocycles. The number of amides is 2. The van der Waals surface area contributed by atoms with Crippen LogP contribution < -0.4 is 15.2 Å². The fourth-order valence-corrected chi connectivity index (χ4v) is 4.93. The van der Waals surface area contributed by atoms with Crippen molar-refractivity contribution in [1.29, 1.82) is 0 Å². The van der Waals surface area contributed by atoms with Crippen LogP contribution in [0.4, 0.5) is 0 Å². The fraction of sp³-hybridized carbons (Fsp3) is 0.444. The number of hydrazone groups is 1. The maximum atomic E-state index is 13.6. The summed E-state index contributed by atoms with van der Waals surface area (Å²) >= 11 is 0. The van der Waals surface area contributed by atoms with Gasteiger partial charge in [-0.1, -0.05) is 17.7 Å². The van der Waals surface area contributed by atoms with Crippen LogP contribution >= 0.6 is 0 Å². The summed E-state index contributed by atoms with van der Waals surface area (Å²) in [6.45, 7) is 5.69. The van der Waals surface area contributed by atoms with Crippen molar-refractivity contribution < 1.29 is 19.1 Å². The Morgan fingerprint density at radius 1 is 1.06 bits per heavy atom. The number of aryl methyl sites for hydroxylation is 2. The average Bonchev–Trinajstić information content (AvgIpc) is 3.30. The Kier molecular flexibility index (Phi) is 7.40. The van der Waals surface area contributed by atoms with Crippen molar-refractivity contribution in [1.82, 2.24) is 9.91 Å². The molecule has 1 saturated heterocycles. The number of methoxy groups -OCH3 is 2. The summed E-state index contributed by atoms with van der Waals surface area (Å²) in [6, 6.07) is 11.7. The molecule has 0 aliphatic carbocycles. The van der Waals surface area contributed by atoms with Crippen molar-refractivity contribution in [2.45, 2.75) is 39.2 Å². The van der Waals surface area contributed by atoms with Crippen LogP contribution in [0.15, 0.2) is 41.5 Å². The van der Waals surface area contributed by atoms with E-state index in [-0.39, 0.29) is 30.3 Å². The van der Waals surface area contributed by atoms with Crippen molar-refractivity contribution >= 4 is 17.5 Å². The molecule has 2 aromatic rings. The standard InChI is InChI=1S/C27H34N4O4/c1-17-5-6-18(2)22(13-17)23-15-24(21-8-7-20(34-3)14-25(21)35-4)31(29-23)26(32)16-30-11-9-19(10-12-30)27(28)33/h5-8,13-14,19,24H,9-12,15-16H2,1-4H3,(H2,28,33)/t24-/m1/s1. The number of benzene rings is 2. The van der Waals surface area contributed by atoms with Gasteiger partial charge in [-0.15, -0.1) is 0 Å². The SMILES string of the molecule is COc1ccc([C@H]2CC(c3cc(C)ccc3C)=NN2C(=O)CN2CCC(C(N)=O)CC2)c(OC)c1. The number of carbonyl (C=O) groups excluding carboxylic acids is 2. The Morgan fingerprint density at radius 2 is 1.80 bits per heavy atom. The highest BCUT2D eigenvalue weighted by molar-refractivity contribution is 6.04. The largest absolute Gasteiger partial charge is 0.497 e. The molecule has 1 atom stereocenters. The van der Waals surface area contributed by atoms with Gasteiger partial charge in [0.25, 0.3) is 5.91 Å². The first kappa shape index (κ1) is 24.7. The van der Waals surface area contributed by atoms with E-state index in [0.29, 0.717) is 43.9 Å². The van der Waals surface area contributed by atoms with E-state index in [2.05, 4.69) is 36.9 Å². The maximum Gasteiger partial charge on any atom is 0.257 e. The molecule has 2 aliphatic rings. The summed E-state index contributed by atoms with van der Waals surface area (Å²) < 4.78 is 11.0. The molecule has 0 unspecified atom stereocenters. The Labute approximate surface area is 206 Å². The summed E-state index contributed by atoms with van der Waals surface area (Å²) in [7, 11) is 3.23. The molecule has 2 aromatic carbocycles. The molecule has 0 spiro atoms. The van der Waals surface area contributed by atoms with E-state index in [1.165, 1.54) is 0 Å². The van der Waals surface area contributed by atoms with Gasteiger partial charge in [-0.3, -0.25) is 14.5 Å². The van der Waals surface area contributed by atoms with E-state index in [9.17, 15) is 9.59 Å². The second kappa shape index (κ2) is 10.5. The number of primary amides is 1. The van der Waals surface area contributed by atoms with Crippen molar-refractivity contribution in [2.24, 2.45) is 16.8 Å². The average molecular weight is 479 g/mol. The van der Waals surface area contributed by atoms with E-state index in [4.69, 9.17) is 20.3 Å². The number of piperidine rings is 1. The van der Waals surface area contributed by atoms with Crippen LogP contribution in [0.3, 0.4) is 0 Å². The van der Waals surface area contributed by atoms with Crippen LogP contribution in [0.1, 0.15) is 47.6 Å². The normalized spacial score (nSPS) is 18.9. The van der Waals surface area contributed by atoms with Gasteiger partial charge >= 0.3 is 0 Å². The van der Waals surface area contributed by atoms with Gasteiger partial charge in [-0.2, -0.15) is 5.10 Å². The van der Waals surface area contributed by atoms with Crippen LogP contribution in [-0.4, -0.2) is 61.3 Å². The number of rotatable bonds is 7. The lowest BCUT2D eigenvalue weighted by atomic mass is 9.94. The Morgan fingerprint density at radius 3 is 2.46 bits per heavy atom. The summed E-state index contributed by atoms with van der Waals surface area (Å²) in [5.74, 6) is 0.898. The molecule has 2 N–H and O–H groups in total. The first-order valence-electron chi connectivity index (χ1n) is 12.0. The third-order valence-electron chi connectivity index (χ3n) is 7.02. The lowest BCUT2D eigenvalue weighted by molar-refractivity contribution is -0.134. The third kappa shape index (κ3) is 5.32. The molecule has 2 aliphatic heterocycles. The summed E-state index contributed by atoms with van der Waals surface area (Å²) in [5, 5.41) is 6.47. The Balaban J connectivity index is 1.63. The van der Waals surface area contributed by atoms with Gasteiger partial charge in [0.1, 0.15) is 11.5 Å². The van der Waals surface area contributed by atoms with Crippen LogP contribution in [0.2, 0.25) is 0 Å². The number of carbonyl (C=O) groups is 2. The van der Waals surface area contributed by atoms with Crippen molar-refractivity contribution in [2.75, 3.05) is 33.9 Å². The van der Waals surface area contributed by atoms with E-state index in [1.54, 1.807) is 19.2 Å². The Bertz CT molecular complexity index is 1140. The van der Waals surface area contributed by atoms with Gasteiger partial charge in [0.05, 0.1) is 32.5 Å². The van der Waals surface area contributed by atoms with Crippen LogP contribution in [0.5, 0.6) is 11.5 Å². The van der Waals surface area contributed by atoms with E-state index >= 15 is 0 Å². The molecule has 0 bridgehead atoms. The first-order chi connectivity index (χ1) is 16.8. The minimum absolute atomic E-state index is 0.0781. The quantitative estimate of drug-likeness (QED) is 0.659. The molecular weight excluding hydrogens is 444 g/mol. The van der Waals surface area contributed by atoms with E-state index in [1.807, 2.05) is 18.2 Å². The predicted octanol–water partition coefficient (Wildman–Crippen LogP) is 3.20. The molecule has 0 radical (unpaired) electrons. The van der Waals surface area contributed by atoms with Gasteiger partial charge in [-0.25, -0.2) is 5.01 Å². The fourth-order valence-electron chi connectivity index (χ4n) is 4.93. The lowest BCUT2D eigenvalue weighted by Gasteiger charge is -2.31. The van der Waals surface area contributed by atoms with Gasteiger partial charge in [0.2, 0.25) is 5.91 Å². The minimum atomic E-state index is -0.290. The zero-order valence-corrected chi connectivity index (χ0v) is 20.9.